The molecule has 0 fully saturated rings. The molecule has 0 spiro atoms. The van der Waals surface area contributed by atoms with Crippen LogP contribution in [0.3, 0.4) is 0 Å². The minimum Gasteiger partial charge on any atom is -0.327 e. The second-order valence-corrected chi connectivity index (χ2v) is 5.31. The van der Waals surface area contributed by atoms with E-state index in [-0.39, 0.29) is 0 Å². The molecule has 4 nitrogen and oxygen atoms in total. The Balaban J connectivity index is 2.27. The number of hydrogen-bond donors (Lipinski definition) is 0. The predicted octanol–water partition coefficient (Wildman–Crippen LogP) is 3.40. The number of aldehydes is 1. The Morgan fingerprint density at radius 3 is 2.76 bits per heavy atom. The van der Waals surface area contributed by atoms with Crippen molar-refractivity contribution in [2.45, 2.75) is 6.92 Å². The van der Waals surface area contributed by atoms with Crippen molar-refractivity contribution in [2.24, 2.45) is 7.05 Å². The van der Waals surface area contributed by atoms with Gasteiger partial charge in [-0.3, -0.25) is 4.79 Å². The largest absolute Gasteiger partial charge is 0.327 e. The van der Waals surface area contributed by atoms with Crippen molar-refractivity contribution in [3.63, 3.8) is 0 Å². The molecule has 4 heteroatoms. The lowest BCUT2D eigenvalue weighted by atomic mass is 10.1. The number of fused-ring (bicyclic) bond motifs is 4. The lowest BCUT2D eigenvalue weighted by Crippen LogP contribution is -1.94. The van der Waals surface area contributed by atoms with E-state index in [2.05, 4.69) is 29.7 Å². The highest BCUT2D eigenvalue weighted by Crippen LogP contribution is 2.28. The van der Waals surface area contributed by atoms with Crippen LogP contribution in [0.2, 0.25) is 0 Å². The molecule has 0 atom stereocenters. The molecule has 0 bridgehead atoms. The van der Waals surface area contributed by atoms with Crippen molar-refractivity contribution in [1.29, 1.82) is 0 Å². The van der Waals surface area contributed by atoms with Crippen LogP contribution in [-0.4, -0.2) is 20.8 Å². The van der Waals surface area contributed by atoms with Gasteiger partial charge in [-0.15, -0.1) is 0 Å². The molecule has 0 N–H and O–H groups in total. The molecule has 0 aliphatic carbocycles. The number of aryl methyl sites for hydroxylation is 2. The fourth-order valence-corrected chi connectivity index (χ4v) is 2.83. The van der Waals surface area contributed by atoms with Gasteiger partial charge >= 0.3 is 0 Å². The fraction of sp³-hybridized carbons (Fsp3) is 0.118. The third-order valence-electron chi connectivity index (χ3n) is 3.92. The number of carbonyl (C=O) groups is 1. The fourth-order valence-electron chi connectivity index (χ4n) is 2.83. The number of hydrogen-bond acceptors (Lipinski definition) is 3. The van der Waals surface area contributed by atoms with E-state index in [1.807, 2.05) is 19.2 Å². The summed E-state index contributed by atoms with van der Waals surface area (Å²) >= 11 is 0. The smallest absolute Gasteiger partial charge is 0.160 e. The molecular weight excluding hydrogens is 262 g/mol. The van der Waals surface area contributed by atoms with Crippen LogP contribution in [-0.2, 0) is 7.05 Å². The first-order chi connectivity index (χ1) is 10.2. The lowest BCUT2D eigenvalue weighted by Gasteiger charge is -2.01. The number of aromatic nitrogens is 3. The van der Waals surface area contributed by atoms with Gasteiger partial charge in [0.25, 0.3) is 0 Å². The van der Waals surface area contributed by atoms with Crippen LogP contribution in [0.5, 0.6) is 0 Å². The molecule has 102 valence electrons. The summed E-state index contributed by atoms with van der Waals surface area (Å²) in [5.74, 6) is 0. The van der Waals surface area contributed by atoms with Crippen LogP contribution in [0.1, 0.15) is 15.9 Å². The van der Waals surface area contributed by atoms with Crippen LogP contribution in [0, 0.1) is 6.92 Å². The van der Waals surface area contributed by atoms with Crippen molar-refractivity contribution in [1.82, 2.24) is 14.5 Å². The van der Waals surface area contributed by atoms with E-state index in [1.165, 1.54) is 5.56 Å². The zero-order valence-corrected chi connectivity index (χ0v) is 11.8. The Bertz CT molecular complexity index is 1030. The summed E-state index contributed by atoms with van der Waals surface area (Å²) in [7, 11) is 1.99. The van der Waals surface area contributed by atoms with E-state index >= 15 is 0 Å². The molecule has 0 unspecified atom stereocenters. The van der Waals surface area contributed by atoms with E-state index in [0.717, 1.165) is 33.9 Å². The monoisotopic (exact) mass is 275 g/mol. The zero-order valence-electron chi connectivity index (χ0n) is 11.8. The molecule has 0 saturated heterocycles. The number of carbonyl (C=O) groups excluding carboxylic acids is 1. The topological polar surface area (TPSA) is 47.8 Å². The van der Waals surface area contributed by atoms with Gasteiger partial charge in [0.05, 0.1) is 11.0 Å². The van der Waals surface area contributed by atoms with Crippen LogP contribution in [0.15, 0.2) is 36.4 Å². The first kappa shape index (κ1) is 12.0. The van der Waals surface area contributed by atoms with Crippen molar-refractivity contribution < 1.29 is 4.79 Å². The minimum atomic E-state index is 0.575. The normalized spacial score (nSPS) is 11.5. The first-order valence-electron chi connectivity index (χ1n) is 6.80. The van der Waals surface area contributed by atoms with E-state index in [0.29, 0.717) is 11.1 Å². The molecule has 0 aliphatic rings. The molecule has 0 aliphatic heterocycles. The van der Waals surface area contributed by atoms with E-state index < -0.39 is 0 Å². The molecule has 2 aromatic carbocycles. The van der Waals surface area contributed by atoms with E-state index in [4.69, 9.17) is 9.97 Å². The van der Waals surface area contributed by atoms with Crippen LogP contribution < -0.4 is 0 Å². The molecule has 4 rings (SSSR count). The van der Waals surface area contributed by atoms with Crippen LogP contribution in [0.25, 0.3) is 33.1 Å². The van der Waals surface area contributed by atoms with Gasteiger partial charge in [-0.05, 0) is 30.7 Å². The summed E-state index contributed by atoms with van der Waals surface area (Å²) in [6.07, 6.45) is 0.831. The van der Waals surface area contributed by atoms with Crippen molar-refractivity contribution >= 4 is 39.4 Å². The number of para-hydroxylation sites is 1. The highest BCUT2D eigenvalue weighted by atomic mass is 16.1. The van der Waals surface area contributed by atoms with Gasteiger partial charge in [0.2, 0.25) is 0 Å². The molecule has 2 heterocycles. The van der Waals surface area contributed by atoms with Crippen LogP contribution >= 0.6 is 0 Å². The van der Waals surface area contributed by atoms with Crippen molar-refractivity contribution in [3.05, 3.63) is 47.5 Å². The molecule has 0 radical (unpaired) electrons. The number of benzene rings is 2. The summed E-state index contributed by atoms with van der Waals surface area (Å²) in [6.45, 7) is 2.07. The lowest BCUT2D eigenvalue weighted by molar-refractivity contribution is 0.112. The van der Waals surface area contributed by atoms with Gasteiger partial charge in [-0.1, -0.05) is 18.2 Å². The molecule has 0 saturated carbocycles. The second-order valence-electron chi connectivity index (χ2n) is 5.31. The Morgan fingerprint density at radius 1 is 1.10 bits per heavy atom. The first-order valence-corrected chi connectivity index (χ1v) is 6.80. The molecule has 2 aromatic heterocycles. The SMILES string of the molecule is Cc1ccc2c3nc4c(C=O)cccc4nc3n(C)c2c1. The maximum absolute atomic E-state index is 11.2. The Morgan fingerprint density at radius 2 is 1.95 bits per heavy atom. The third-order valence-corrected chi connectivity index (χ3v) is 3.92. The summed E-state index contributed by atoms with van der Waals surface area (Å²) in [5, 5.41) is 1.06. The van der Waals surface area contributed by atoms with E-state index in [9.17, 15) is 4.79 Å². The van der Waals surface area contributed by atoms with Gasteiger partial charge in [0.15, 0.2) is 11.9 Å². The molecule has 4 aromatic rings. The van der Waals surface area contributed by atoms with Gasteiger partial charge in [0.1, 0.15) is 11.0 Å². The van der Waals surface area contributed by atoms with Gasteiger partial charge in [-0.2, -0.15) is 0 Å². The summed E-state index contributed by atoms with van der Waals surface area (Å²) in [5.41, 5.74) is 5.97. The zero-order chi connectivity index (χ0) is 14.6. The average Bonchev–Trinajstić information content (AvgIpc) is 2.77. The number of nitrogens with zero attached hydrogens (tertiary/aromatic N) is 3. The van der Waals surface area contributed by atoms with Crippen LogP contribution in [0.4, 0.5) is 0 Å². The molecule has 21 heavy (non-hydrogen) atoms. The van der Waals surface area contributed by atoms with Gasteiger partial charge in [-0.25, -0.2) is 9.97 Å². The second kappa shape index (κ2) is 4.12. The number of rotatable bonds is 1. The Kier molecular flexibility index (Phi) is 2.36. The Labute approximate surface area is 121 Å². The molecular formula is C17H13N3O. The third kappa shape index (κ3) is 1.59. The van der Waals surface area contributed by atoms with Gasteiger partial charge < -0.3 is 4.57 Å². The minimum absolute atomic E-state index is 0.575. The highest BCUT2D eigenvalue weighted by molar-refractivity contribution is 6.08. The maximum atomic E-state index is 11.2. The summed E-state index contributed by atoms with van der Waals surface area (Å²) in [4.78, 5) is 20.6. The Hall–Kier alpha value is -2.75. The van der Waals surface area contributed by atoms with E-state index in [1.54, 1.807) is 6.07 Å². The average molecular weight is 275 g/mol. The molecule has 0 amide bonds. The summed E-state index contributed by atoms with van der Waals surface area (Å²) < 4.78 is 2.05. The highest BCUT2D eigenvalue weighted by Gasteiger charge is 2.13. The predicted molar refractivity (Wildman–Crippen MR) is 83.6 cm³/mol. The van der Waals surface area contributed by atoms with Crippen molar-refractivity contribution in [2.75, 3.05) is 0 Å². The standard InChI is InChI=1S/C17H13N3O/c1-10-6-7-12-14(8-10)20(2)17-16(12)19-15-11(9-21)4-3-5-13(15)18-17/h3-9H,1-2H3. The van der Waals surface area contributed by atoms with Gasteiger partial charge in [0, 0.05) is 18.0 Å². The quantitative estimate of drug-likeness (QED) is 0.500. The van der Waals surface area contributed by atoms with Crippen molar-refractivity contribution in [3.8, 4) is 0 Å². The summed E-state index contributed by atoms with van der Waals surface area (Å²) in [6, 6.07) is 11.8. The maximum Gasteiger partial charge on any atom is 0.160 e.